The number of thiazole rings is 1. The monoisotopic (exact) mass is 514 g/mol. The summed E-state index contributed by atoms with van der Waals surface area (Å²) in [5.41, 5.74) is 2.13. The predicted molar refractivity (Wildman–Crippen MR) is 144 cm³/mol. The molecule has 2 heterocycles. The first-order valence-electron chi connectivity index (χ1n) is 11.9. The summed E-state index contributed by atoms with van der Waals surface area (Å²) in [5, 5.41) is 2.14. The normalized spacial score (nSPS) is 15.4. The average molecular weight is 515 g/mol. The number of aromatic nitrogens is 1. The van der Waals surface area contributed by atoms with Gasteiger partial charge < -0.3 is 14.2 Å². The second-order valence-electron chi connectivity index (χ2n) is 8.48. The third kappa shape index (κ3) is 4.34. The van der Waals surface area contributed by atoms with Crippen LogP contribution < -0.4 is 24.4 Å². The Morgan fingerprint density at radius 2 is 1.86 bits per heavy atom. The molecule has 0 N–H and O–H groups in total. The van der Waals surface area contributed by atoms with Crippen LogP contribution in [0.3, 0.4) is 0 Å². The third-order valence-electron chi connectivity index (χ3n) is 6.36. The van der Waals surface area contributed by atoms with Gasteiger partial charge in [-0.2, -0.15) is 0 Å². The van der Waals surface area contributed by atoms with Gasteiger partial charge in [0.2, 0.25) is 0 Å². The molecule has 188 valence electrons. The molecule has 0 spiro atoms. The van der Waals surface area contributed by atoms with E-state index in [9.17, 15) is 9.59 Å². The van der Waals surface area contributed by atoms with E-state index in [0.717, 1.165) is 16.3 Å². The number of fused-ring (bicyclic) bond motifs is 2. The summed E-state index contributed by atoms with van der Waals surface area (Å²) in [6.07, 6.45) is 1.89. The minimum absolute atomic E-state index is 0.202. The van der Waals surface area contributed by atoms with Crippen molar-refractivity contribution < 1.29 is 19.0 Å². The number of rotatable bonds is 6. The van der Waals surface area contributed by atoms with E-state index in [-0.39, 0.29) is 12.2 Å². The zero-order valence-electron chi connectivity index (χ0n) is 21.0. The molecular weight excluding hydrogens is 488 g/mol. The van der Waals surface area contributed by atoms with Crippen LogP contribution in [0.15, 0.2) is 81.7 Å². The number of hydrogen-bond acceptors (Lipinski definition) is 7. The van der Waals surface area contributed by atoms with Crippen LogP contribution in [0.25, 0.3) is 16.8 Å². The second-order valence-corrected chi connectivity index (χ2v) is 9.49. The summed E-state index contributed by atoms with van der Waals surface area (Å²) >= 11 is 1.29. The Labute approximate surface area is 217 Å². The Bertz CT molecular complexity index is 1730. The highest BCUT2D eigenvalue weighted by Gasteiger charge is 2.35. The van der Waals surface area contributed by atoms with Crippen molar-refractivity contribution in [2.24, 2.45) is 4.99 Å². The number of esters is 1. The molecule has 0 radical (unpaired) electrons. The molecule has 1 aliphatic heterocycles. The summed E-state index contributed by atoms with van der Waals surface area (Å²) in [4.78, 5) is 32.3. The molecule has 1 aliphatic rings. The van der Waals surface area contributed by atoms with Gasteiger partial charge in [0.05, 0.1) is 36.6 Å². The van der Waals surface area contributed by atoms with E-state index in [1.54, 1.807) is 44.8 Å². The van der Waals surface area contributed by atoms with Crippen LogP contribution in [0, 0.1) is 0 Å². The van der Waals surface area contributed by atoms with E-state index < -0.39 is 12.0 Å². The second kappa shape index (κ2) is 10.1. The zero-order chi connectivity index (χ0) is 26.1. The minimum Gasteiger partial charge on any atom is -0.497 e. The van der Waals surface area contributed by atoms with Gasteiger partial charge in [0.1, 0.15) is 17.5 Å². The lowest BCUT2D eigenvalue weighted by molar-refractivity contribution is -0.139. The highest BCUT2D eigenvalue weighted by atomic mass is 32.1. The van der Waals surface area contributed by atoms with Gasteiger partial charge in [0.15, 0.2) is 4.80 Å². The van der Waals surface area contributed by atoms with Crippen LogP contribution in [0.5, 0.6) is 11.5 Å². The van der Waals surface area contributed by atoms with Crippen molar-refractivity contribution >= 4 is 34.2 Å². The Kier molecular flexibility index (Phi) is 6.67. The number of ether oxygens (including phenoxy) is 3. The quantitative estimate of drug-likeness (QED) is 0.364. The van der Waals surface area contributed by atoms with E-state index in [2.05, 4.69) is 4.99 Å². The highest BCUT2D eigenvalue weighted by molar-refractivity contribution is 7.07. The maximum absolute atomic E-state index is 13.9. The topological polar surface area (TPSA) is 79.1 Å². The maximum Gasteiger partial charge on any atom is 0.338 e. The molecule has 1 unspecified atom stereocenters. The Morgan fingerprint density at radius 3 is 2.62 bits per heavy atom. The molecule has 7 nitrogen and oxygen atoms in total. The summed E-state index contributed by atoms with van der Waals surface area (Å²) in [6.45, 7) is 3.71. The van der Waals surface area contributed by atoms with Crippen molar-refractivity contribution in [3.63, 3.8) is 0 Å². The molecule has 3 aromatic carbocycles. The first-order valence-corrected chi connectivity index (χ1v) is 12.7. The zero-order valence-corrected chi connectivity index (χ0v) is 21.8. The number of hydrogen-bond donors (Lipinski definition) is 0. The van der Waals surface area contributed by atoms with Crippen molar-refractivity contribution in [1.29, 1.82) is 0 Å². The number of benzene rings is 3. The number of methoxy groups -OCH3 is 2. The van der Waals surface area contributed by atoms with Crippen molar-refractivity contribution in [3.05, 3.63) is 103 Å². The van der Waals surface area contributed by atoms with Gasteiger partial charge in [-0.3, -0.25) is 9.36 Å². The molecule has 37 heavy (non-hydrogen) atoms. The molecule has 0 amide bonds. The fourth-order valence-corrected chi connectivity index (χ4v) is 5.69. The lowest BCUT2D eigenvalue weighted by Crippen LogP contribution is -2.40. The van der Waals surface area contributed by atoms with Gasteiger partial charge in [-0.15, -0.1) is 0 Å². The van der Waals surface area contributed by atoms with Gasteiger partial charge in [-0.1, -0.05) is 53.8 Å². The van der Waals surface area contributed by atoms with E-state index in [1.165, 1.54) is 11.3 Å². The van der Waals surface area contributed by atoms with Crippen molar-refractivity contribution in [1.82, 2.24) is 4.57 Å². The smallest absolute Gasteiger partial charge is 0.338 e. The Morgan fingerprint density at radius 1 is 1.08 bits per heavy atom. The van der Waals surface area contributed by atoms with E-state index in [0.29, 0.717) is 37.7 Å². The van der Waals surface area contributed by atoms with Crippen LogP contribution in [0.2, 0.25) is 0 Å². The molecule has 0 aliphatic carbocycles. The molecule has 5 rings (SSSR count). The fourth-order valence-electron chi connectivity index (χ4n) is 4.65. The van der Waals surface area contributed by atoms with Gasteiger partial charge in [-0.05, 0) is 48.4 Å². The van der Waals surface area contributed by atoms with Crippen LogP contribution >= 0.6 is 11.3 Å². The van der Waals surface area contributed by atoms with Gasteiger partial charge in [-0.25, -0.2) is 9.79 Å². The van der Waals surface area contributed by atoms with E-state index in [4.69, 9.17) is 14.2 Å². The lowest BCUT2D eigenvalue weighted by atomic mass is 9.95. The first kappa shape index (κ1) is 24.5. The van der Waals surface area contributed by atoms with Crippen molar-refractivity contribution in [3.8, 4) is 11.5 Å². The van der Waals surface area contributed by atoms with Crippen LogP contribution in [-0.4, -0.2) is 31.4 Å². The maximum atomic E-state index is 13.9. The number of allylic oxidation sites excluding steroid dienone is 1. The fraction of sp³-hybridized carbons (Fsp3) is 0.207. The number of carbonyl (C=O) groups excluding carboxylic acids is 1. The summed E-state index contributed by atoms with van der Waals surface area (Å²) < 4.78 is 18.5. The third-order valence-corrected chi connectivity index (χ3v) is 7.35. The van der Waals surface area contributed by atoms with Crippen molar-refractivity contribution in [2.45, 2.75) is 19.9 Å². The molecule has 1 atom stereocenters. The van der Waals surface area contributed by atoms with Crippen LogP contribution in [0.1, 0.15) is 31.0 Å². The lowest BCUT2D eigenvalue weighted by Gasteiger charge is -2.26. The van der Waals surface area contributed by atoms with Gasteiger partial charge in [0, 0.05) is 11.6 Å². The first-order chi connectivity index (χ1) is 18.0. The molecule has 1 aromatic heterocycles. The van der Waals surface area contributed by atoms with E-state index in [1.807, 2.05) is 54.6 Å². The Hall–Kier alpha value is -4.17. The summed E-state index contributed by atoms with van der Waals surface area (Å²) in [6, 6.07) is 18.6. The van der Waals surface area contributed by atoms with Crippen LogP contribution in [-0.2, 0) is 9.53 Å². The molecule has 0 bridgehead atoms. The standard InChI is InChI=1S/C29H26N2O5S/c1-5-36-28(33)25-17(2)30-29-31(26(25)22-14-13-20(34-3)16-23(22)35-4)27(32)24(37-29)15-19-11-8-10-18-9-6-7-12-21(18)19/h6-16,26H,5H2,1-4H3. The number of nitrogens with zero attached hydrogens (tertiary/aromatic N) is 2. The van der Waals surface area contributed by atoms with E-state index >= 15 is 0 Å². The van der Waals surface area contributed by atoms with Crippen molar-refractivity contribution in [2.75, 3.05) is 20.8 Å². The summed E-state index contributed by atoms with van der Waals surface area (Å²) in [5.74, 6) is 0.571. The SMILES string of the molecule is CCOC(=O)C1=C(C)N=c2sc(=Cc3cccc4ccccc34)c(=O)n2C1c1ccc(OC)cc1OC. The highest BCUT2D eigenvalue weighted by Crippen LogP contribution is 2.37. The Balaban J connectivity index is 1.78. The molecule has 8 heteroatoms. The van der Waals surface area contributed by atoms with Gasteiger partial charge in [0.25, 0.3) is 5.56 Å². The average Bonchev–Trinajstić information content (AvgIpc) is 3.21. The predicted octanol–water partition coefficient (Wildman–Crippen LogP) is 3.97. The molecule has 0 saturated carbocycles. The van der Waals surface area contributed by atoms with Gasteiger partial charge >= 0.3 is 5.97 Å². The van der Waals surface area contributed by atoms with Crippen LogP contribution in [0.4, 0.5) is 0 Å². The minimum atomic E-state index is -0.772. The molecule has 4 aromatic rings. The summed E-state index contributed by atoms with van der Waals surface area (Å²) in [7, 11) is 3.11. The molecule has 0 saturated heterocycles. The molecular formula is C29H26N2O5S. The largest absolute Gasteiger partial charge is 0.497 e. The molecule has 0 fully saturated rings. The number of carbonyl (C=O) groups is 1.